The van der Waals surface area contributed by atoms with Gasteiger partial charge in [0.15, 0.2) is 5.78 Å². The van der Waals surface area contributed by atoms with Crippen LogP contribution in [0, 0.1) is 6.92 Å². The van der Waals surface area contributed by atoms with Crippen molar-refractivity contribution >= 4 is 16.7 Å². The van der Waals surface area contributed by atoms with Gasteiger partial charge in [-0.2, -0.15) is 0 Å². The topological polar surface area (TPSA) is 52.0 Å². The predicted octanol–water partition coefficient (Wildman–Crippen LogP) is 4.95. The third-order valence-corrected chi connectivity index (χ3v) is 4.85. The summed E-state index contributed by atoms with van der Waals surface area (Å²) in [5, 5.41) is 0.562. The number of aromatic nitrogens is 2. The largest absolute Gasteiger partial charge is 0.294 e. The second kappa shape index (κ2) is 7.24. The first-order chi connectivity index (χ1) is 13.6. The minimum atomic E-state index is -0.129. The zero-order valence-corrected chi connectivity index (χ0v) is 15.8. The van der Waals surface area contributed by atoms with E-state index in [9.17, 15) is 9.59 Å². The number of Topliss-reactive ketones (excluding diaryl/α,β-unsaturated/α-hetero) is 1. The highest BCUT2D eigenvalue weighted by Crippen LogP contribution is 2.23. The van der Waals surface area contributed by atoms with Crippen molar-refractivity contribution in [2.75, 3.05) is 0 Å². The standard InChI is InChI=1S/C24H20N2O2/c1-3-22(27)17-12-14-19(15-13-17)26-23(18-10-8-16(2)9-11-18)25-21-7-5-4-6-20(21)24(26)28/h4-15H,3H2,1-2H3. The average molecular weight is 368 g/mol. The summed E-state index contributed by atoms with van der Waals surface area (Å²) in [6, 6.07) is 22.4. The highest BCUT2D eigenvalue weighted by atomic mass is 16.1. The van der Waals surface area contributed by atoms with E-state index in [-0.39, 0.29) is 11.3 Å². The number of aryl methyl sites for hydroxylation is 1. The van der Waals surface area contributed by atoms with Gasteiger partial charge in [-0.15, -0.1) is 0 Å². The van der Waals surface area contributed by atoms with Gasteiger partial charge in [-0.05, 0) is 43.3 Å². The van der Waals surface area contributed by atoms with Crippen LogP contribution in [0.25, 0.3) is 28.0 Å². The van der Waals surface area contributed by atoms with E-state index in [4.69, 9.17) is 4.98 Å². The first-order valence-electron chi connectivity index (χ1n) is 9.31. The van der Waals surface area contributed by atoms with Crippen LogP contribution >= 0.6 is 0 Å². The van der Waals surface area contributed by atoms with E-state index in [0.717, 1.165) is 11.1 Å². The molecule has 0 aliphatic carbocycles. The number of rotatable bonds is 4. The van der Waals surface area contributed by atoms with Crippen LogP contribution < -0.4 is 5.56 Å². The molecule has 1 heterocycles. The maximum Gasteiger partial charge on any atom is 0.266 e. The van der Waals surface area contributed by atoms with Crippen LogP contribution in [0.5, 0.6) is 0 Å². The molecule has 0 unspecified atom stereocenters. The van der Waals surface area contributed by atoms with Gasteiger partial charge in [-0.1, -0.05) is 48.9 Å². The minimum absolute atomic E-state index is 0.0780. The maximum absolute atomic E-state index is 13.3. The number of benzene rings is 3. The Morgan fingerprint density at radius 1 is 0.929 bits per heavy atom. The van der Waals surface area contributed by atoms with Gasteiger partial charge in [-0.3, -0.25) is 14.2 Å². The Bertz CT molecular complexity index is 1220. The number of ketones is 1. The summed E-state index contributed by atoms with van der Waals surface area (Å²) in [7, 11) is 0. The molecule has 0 amide bonds. The molecule has 1 aromatic heterocycles. The molecule has 0 radical (unpaired) electrons. The third-order valence-electron chi connectivity index (χ3n) is 4.85. The molecule has 0 fully saturated rings. The molecule has 0 saturated carbocycles. The number of fused-ring (bicyclic) bond motifs is 1. The van der Waals surface area contributed by atoms with Crippen LogP contribution in [0.15, 0.2) is 77.6 Å². The monoisotopic (exact) mass is 368 g/mol. The van der Waals surface area contributed by atoms with Crippen LogP contribution in [0.4, 0.5) is 0 Å². The number of nitrogens with zero attached hydrogens (tertiary/aromatic N) is 2. The zero-order valence-electron chi connectivity index (χ0n) is 15.8. The smallest absolute Gasteiger partial charge is 0.266 e. The van der Waals surface area contributed by atoms with Crippen molar-refractivity contribution in [3.63, 3.8) is 0 Å². The lowest BCUT2D eigenvalue weighted by Gasteiger charge is -2.14. The van der Waals surface area contributed by atoms with Crippen molar-refractivity contribution in [1.29, 1.82) is 0 Å². The van der Waals surface area contributed by atoms with Crippen molar-refractivity contribution in [2.45, 2.75) is 20.3 Å². The molecule has 4 nitrogen and oxygen atoms in total. The second-order valence-corrected chi connectivity index (χ2v) is 6.78. The summed E-state index contributed by atoms with van der Waals surface area (Å²) >= 11 is 0. The zero-order chi connectivity index (χ0) is 19.7. The van der Waals surface area contributed by atoms with Gasteiger partial charge in [0.2, 0.25) is 0 Å². The highest BCUT2D eigenvalue weighted by molar-refractivity contribution is 5.96. The lowest BCUT2D eigenvalue weighted by Crippen LogP contribution is -2.22. The fraction of sp³-hybridized carbons (Fsp3) is 0.125. The van der Waals surface area contributed by atoms with Gasteiger partial charge >= 0.3 is 0 Å². The summed E-state index contributed by atoms with van der Waals surface area (Å²) < 4.78 is 1.62. The first-order valence-corrected chi connectivity index (χ1v) is 9.31. The molecule has 0 spiro atoms. The van der Waals surface area contributed by atoms with Crippen molar-refractivity contribution < 1.29 is 4.79 Å². The fourth-order valence-corrected chi connectivity index (χ4v) is 3.27. The van der Waals surface area contributed by atoms with Crippen LogP contribution in [0.1, 0.15) is 29.3 Å². The van der Waals surface area contributed by atoms with Gasteiger partial charge in [0.05, 0.1) is 16.6 Å². The van der Waals surface area contributed by atoms with Crippen molar-refractivity contribution in [3.8, 4) is 17.1 Å². The van der Waals surface area contributed by atoms with Crippen LogP contribution in [-0.4, -0.2) is 15.3 Å². The fourth-order valence-electron chi connectivity index (χ4n) is 3.27. The van der Waals surface area contributed by atoms with Gasteiger partial charge in [0, 0.05) is 17.5 Å². The molecule has 28 heavy (non-hydrogen) atoms. The Balaban J connectivity index is 1.99. The molecule has 3 aromatic carbocycles. The Hall–Kier alpha value is -3.53. The Labute approximate surface area is 163 Å². The Morgan fingerprint density at radius 3 is 2.29 bits per heavy atom. The Kier molecular flexibility index (Phi) is 4.62. The molecule has 0 saturated heterocycles. The molecule has 4 rings (SSSR count). The molecule has 0 bridgehead atoms. The normalized spacial score (nSPS) is 10.9. The van der Waals surface area contributed by atoms with Gasteiger partial charge in [0.25, 0.3) is 5.56 Å². The molecular weight excluding hydrogens is 348 g/mol. The number of hydrogen-bond donors (Lipinski definition) is 0. The molecule has 4 aromatic rings. The summed E-state index contributed by atoms with van der Waals surface area (Å²) in [4.78, 5) is 30.0. The maximum atomic E-state index is 13.3. The molecule has 0 atom stereocenters. The van der Waals surface area contributed by atoms with E-state index in [1.54, 1.807) is 34.9 Å². The molecule has 4 heteroatoms. The third kappa shape index (κ3) is 3.14. The van der Waals surface area contributed by atoms with E-state index in [2.05, 4.69) is 0 Å². The van der Waals surface area contributed by atoms with Crippen molar-refractivity contribution in [2.24, 2.45) is 0 Å². The molecule has 138 valence electrons. The summed E-state index contributed by atoms with van der Waals surface area (Å²) in [6.07, 6.45) is 0.450. The molecule has 0 aliphatic rings. The predicted molar refractivity (Wildman–Crippen MR) is 112 cm³/mol. The van der Waals surface area contributed by atoms with Gasteiger partial charge < -0.3 is 0 Å². The Morgan fingerprint density at radius 2 is 1.61 bits per heavy atom. The number of para-hydroxylation sites is 1. The van der Waals surface area contributed by atoms with E-state index < -0.39 is 0 Å². The SMILES string of the molecule is CCC(=O)c1ccc(-n2c(-c3ccc(C)cc3)nc3ccccc3c2=O)cc1. The van der Waals surface area contributed by atoms with E-state index in [0.29, 0.717) is 34.4 Å². The number of carbonyl (C=O) groups excluding carboxylic acids is 1. The molecule has 0 N–H and O–H groups in total. The van der Waals surface area contributed by atoms with Crippen molar-refractivity contribution in [1.82, 2.24) is 9.55 Å². The number of carbonyl (C=O) groups is 1. The molecular formula is C24H20N2O2. The minimum Gasteiger partial charge on any atom is -0.294 e. The second-order valence-electron chi connectivity index (χ2n) is 6.78. The van der Waals surface area contributed by atoms with Gasteiger partial charge in [-0.25, -0.2) is 4.98 Å². The lowest BCUT2D eigenvalue weighted by molar-refractivity contribution is 0.0988. The van der Waals surface area contributed by atoms with E-state index in [1.165, 1.54) is 0 Å². The quantitative estimate of drug-likeness (QED) is 0.479. The van der Waals surface area contributed by atoms with Crippen LogP contribution in [0.2, 0.25) is 0 Å². The number of hydrogen-bond acceptors (Lipinski definition) is 3. The first kappa shape index (κ1) is 17.9. The van der Waals surface area contributed by atoms with Gasteiger partial charge in [0.1, 0.15) is 5.82 Å². The molecule has 0 aliphatic heterocycles. The summed E-state index contributed by atoms with van der Waals surface area (Å²) in [6.45, 7) is 3.86. The van der Waals surface area contributed by atoms with Crippen LogP contribution in [-0.2, 0) is 0 Å². The highest BCUT2D eigenvalue weighted by Gasteiger charge is 2.15. The summed E-state index contributed by atoms with van der Waals surface area (Å²) in [5.74, 6) is 0.660. The van der Waals surface area contributed by atoms with Crippen LogP contribution in [0.3, 0.4) is 0 Å². The van der Waals surface area contributed by atoms with E-state index in [1.807, 2.05) is 56.3 Å². The lowest BCUT2D eigenvalue weighted by atomic mass is 10.1. The average Bonchev–Trinajstić information content (AvgIpc) is 2.74. The van der Waals surface area contributed by atoms with Crippen molar-refractivity contribution in [3.05, 3.63) is 94.3 Å². The van der Waals surface area contributed by atoms with E-state index >= 15 is 0 Å². The summed E-state index contributed by atoms with van der Waals surface area (Å²) in [5.41, 5.74) is 3.87.